The van der Waals surface area contributed by atoms with Crippen molar-refractivity contribution >= 4 is 28.5 Å². The van der Waals surface area contributed by atoms with E-state index in [4.69, 9.17) is 21.2 Å². The molecule has 6 N–H and O–H groups in total. The Kier molecular flexibility index (Phi) is 5.67. The van der Waals surface area contributed by atoms with Crippen LogP contribution in [0.2, 0.25) is 0 Å². The van der Waals surface area contributed by atoms with Crippen LogP contribution >= 0.6 is 0 Å². The second-order valence-electron chi connectivity index (χ2n) is 8.39. The largest absolute Gasteiger partial charge is 0.290 e. The van der Waals surface area contributed by atoms with Crippen LogP contribution in [0.3, 0.4) is 0 Å². The molecule has 0 fully saturated rings. The summed E-state index contributed by atoms with van der Waals surface area (Å²) in [6, 6.07) is 26.1. The molecule has 1 aliphatic carbocycles. The minimum atomic E-state index is -0.0275. The van der Waals surface area contributed by atoms with Crippen molar-refractivity contribution in [3.63, 3.8) is 0 Å². The number of nitrogens with one attached hydrogen (secondary N) is 4. The lowest BCUT2D eigenvalue weighted by molar-refractivity contribution is 0.234. The number of hydrogen-bond acceptors (Lipinski definition) is 4. The second-order valence-corrected chi connectivity index (χ2v) is 8.39. The molecule has 0 saturated heterocycles. The van der Waals surface area contributed by atoms with E-state index in [-0.39, 0.29) is 17.6 Å². The third kappa shape index (κ3) is 3.85. The zero-order valence-electron chi connectivity index (χ0n) is 18.3. The van der Waals surface area contributed by atoms with Crippen molar-refractivity contribution in [2.45, 2.75) is 12.3 Å². The van der Waals surface area contributed by atoms with Gasteiger partial charge in [-0.1, -0.05) is 91.0 Å². The summed E-state index contributed by atoms with van der Waals surface area (Å²) in [5.74, 6) is 0.0526. The molecule has 0 spiro atoms. The Hall–Kier alpha value is -4.26. The minimum absolute atomic E-state index is 0.0246. The standard InChI is InChI=1S/C28H24N4O2/c29-27(31-33)20-6-4-17(5-7-20)16-22-13-10-19-2-1-3-25-23(14-15-24(22)26(19)25)18-8-11-21(12-9-18)28(30)32-34/h1-15,23,33-34H,16H2,(H2,29,31)(H2,30,32). The van der Waals surface area contributed by atoms with Crippen molar-refractivity contribution in [2.75, 3.05) is 0 Å². The Morgan fingerprint density at radius 3 is 2.06 bits per heavy atom. The minimum Gasteiger partial charge on any atom is -0.290 e. The number of hydrogen-bond donors (Lipinski definition) is 6. The maximum absolute atomic E-state index is 8.99. The van der Waals surface area contributed by atoms with E-state index in [0.717, 1.165) is 17.5 Å². The van der Waals surface area contributed by atoms with Crippen LogP contribution in [0.25, 0.3) is 16.8 Å². The quantitative estimate of drug-likeness (QED) is 0.143. The molecular formula is C28H24N4O2. The highest BCUT2D eigenvalue weighted by atomic mass is 16.5. The molecule has 1 aliphatic rings. The summed E-state index contributed by atoms with van der Waals surface area (Å²) in [5.41, 5.74) is 11.0. The van der Waals surface area contributed by atoms with Gasteiger partial charge in [-0.3, -0.25) is 32.2 Å². The van der Waals surface area contributed by atoms with Crippen LogP contribution in [-0.2, 0) is 6.42 Å². The highest BCUT2D eigenvalue weighted by Gasteiger charge is 2.21. The van der Waals surface area contributed by atoms with Gasteiger partial charge in [-0.25, -0.2) is 0 Å². The fraction of sp³-hybridized carbons (Fsp3) is 0.0714. The molecule has 0 aromatic heterocycles. The number of allylic oxidation sites excluding steroid dienone is 1. The van der Waals surface area contributed by atoms with E-state index >= 15 is 0 Å². The first-order valence-electron chi connectivity index (χ1n) is 11.0. The molecule has 1 atom stereocenters. The van der Waals surface area contributed by atoms with Gasteiger partial charge in [0.2, 0.25) is 0 Å². The molecule has 0 bridgehead atoms. The van der Waals surface area contributed by atoms with Gasteiger partial charge in [0.05, 0.1) is 0 Å². The van der Waals surface area contributed by atoms with Crippen molar-refractivity contribution in [1.29, 1.82) is 10.8 Å². The zero-order valence-corrected chi connectivity index (χ0v) is 18.3. The summed E-state index contributed by atoms with van der Waals surface area (Å²) in [4.78, 5) is 0. The van der Waals surface area contributed by atoms with Gasteiger partial charge in [-0.2, -0.15) is 0 Å². The number of amidine groups is 2. The number of hydroxylamine groups is 2. The average molecular weight is 449 g/mol. The Balaban J connectivity index is 1.51. The van der Waals surface area contributed by atoms with Crippen LogP contribution < -0.4 is 11.0 Å². The third-order valence-electron chi connectivity index (χ3n) is 6.42. The van der Waals surface area contributed by atoms with Gasteiger partial charge in [-0.15, -0.1) is 0 Å². The molecule has 0 amide bonds. The number of benzene rings is 4. The highest BCUT2D eigenvalue weighted by molar-refractivity contribution is 5.98. The van der Waals surface area contributed by atoms with Gasteiger partial charge in [0.25, 0.3) is 0 Å². The van der Waals surface area contributed by atoms with Crippen LogP contribution in [0, 0.1) is 10.8 Å². The first-order valence-corrected chi connectivity index (χ1v) is 11.0. The van der Waals surface area contributed by atoms with Crippen LogP contribution in [0.15, 0.2) is 84.9 Å². The first-order chi connectivity index (χ1) is 16.6. The summed E-state index contributed by atoms with van der Waals surface area (Å²) < 4.78 is 0. The molecule has 1 unspecified atom stereocenters. The van der Waals surface area contributed by atoms with E-state index in [9.17, 15) is 0 Å². The summed E-state index contributed by atoms with van der Waals surface area (Å²) in [6.45, 7) is 0. The molecule has 34 heavy (non-hydrogen) atoms. The summed E-state index contributed by atoms with van der Waals surface area (Å²) >= 11 is 0. The van der Waals surface area contributed by atoms with E-state index in [1.807, 2.05) is 59.5 Å². The average Bonchev–Trinajstić information content (AvgIpc) is 2.90. The van der Waals surface area contributed by atoms with E-state index in [2.05, 4.69) is 42.5 Å². The molecule has 0 aliphatic heterocycles. The summed E-state index contributed by atoms with van der Waals surface area (Å²) in [7, 11) is 0. The topological polar surface area (TPSA) is 112 Å². The molecule has 168 valence electrons. The first kappa shape index (κ1) is 21.6. The Labute approximate surface area is 197 Å². The second kappa shape index (κ2) is 8.94. The van der Waals surface area contributed by atoms with Gasteiger partial charge >= 0.3 is 0 Å². The van der Waals surface area contributed by atoms with Gasteiger partial charge in [0.15, 0.2) is 0 Å². The maximum atomic E-state index is 8.99. The van der Waals surface area contributed by atoms with Gasteiger partial charge in [0, 0.05) is 17.0 Å². The molecule has 6 nitrogen and oxygen atoms in total. The van der Waals surface area contributed by atoms with E-state index < -0.39 is 0 Å². The van der Waals surface area contributed by atoms with E-state index in [1.54, 1.807) is 0 Å². The zero-order chi connectivity index (χ0) is 23.7. The van der Waals surface area contributed by atoms with Crippen LogP contribution in [-0.4, -0.2) is 22.1 Å². The maximum Gasteiger partial charge on any atom is 0.149 e. The van der Waals surface area contributed by atoms with Crippen LogP contribution in [0.4, 0.5) is 0 Å². The molecule has 5 rings (SSSR count). The van der Waals surface area contributed by atoms with Crippen molar-refractivity contribution in [3.05, 3.63) is 124 Å². The van der Waals surface area contributed by atoms with E-state index in [1.165, 1.54) is 27.5 Å². The molecule has 0 saturated carbocycles. The fourth-order valence-corrected chi connectivity index (χ4v) is 4.67. The van der Waals surface area contributed by atoms with Crippen LogP contribution in [0.1, 0.15) is 44.9 Å². The van der Waals surface area contributed by atoms with Crippen molar-refractivity contribution in [3.8, 4) is 0 Å². The number of rotatable bonds is 5. The van der Waals surface area contributed by atoms with Gasteiger partial charge in [0.1, 0.15) is 11.7 Å². The molecular weight excluding hydrogens is 424 g/mol. The lowest BCUT2D eigenvalue weighted by Gasteiger charge is -2.24. The molecule has 6 heteroatoms. The molecule has 0 radical (unpaired) electrons. The smallest absolute Gasteiger partial charge is 0.149 e. The summed E-state index contributed by atoms with van der Waals surface area (Å²) in [6.07, 6.45) is 5.20. The molecule has 4 aromatic rings. The fourth-order valence-electron chi connectivity index (χ4n) is 4.67. The lowest BCUT2D eigenvalue weighted by Crippen LogP contribution is -2.18. The molecule has 0 heterocycles. The van der Waals surface area contributed by atoms with E-state index in [0.29, 0.717) is 11.1 Å². The highest BCUT2D eigenvalue weighted by Crippen LogP contribution is 2.40. The Morgan fingerprint density at radius 1 is 0.765 bits per heavy atom. The summed E-state index contributed by atoms with van der Waals surface area (Å²) in [5, 5.41) is 35.8. The lowest BCUT2D eigenvalue weighted by atomic mass is 9.80. The Morgan fingerprint density at radius 2 is 1.41 bits per heavy atom. The third-order valence-corrected chi connectivity index (χ3v) is 6.42. The normalized spacial score (nSPS) is 14.1. The predicted molar refractivity (Wildman–Crippen MR) is 134 cm³/mol. The van der Waals surface area contributed by atoms with Crippen molar-refractivity contribution in [2.24, 2.45) is 0 Å². The monoisotopic (exact) mass is 448 g/mol. The van der Waals surface area contributed by atoms with Crippen LogP contribution in [0.5, 0.6) is 0 Å². The Bertz CT molecular complexity index is 1420. The predicted octanol–water partition coefficient (Wildman–Crippen LogP) is 5.20. The molecule has 4 aromatic carbocycles. The van der Waals surface area contributed by atoms with Crippen molar-refractivity contribution < 1.29 is 10.4 Å². The van der Waals surface area contributed by atoms with Gasteiger partial charge in [-0.05, 0) is 45.0 Å². The SMILES string of the molecule is N=C(NO)c1ccc(Cc2ccc3cccc4c3c2C=CC4c2ccc(C(=N)NO)cc2)cc1. The van der Waals surface area contributed by atoms with Gasteiger partial charge < -0.3 is 0 Å². The van der Waals surface area contributed by atoms with Crippen molar-refractivity contribution in [1.82, 2.24) is 11.0 Å².